The summed E-state index contributed by atoms with van der Waals surface area (Å²) >= 11 is 1.53. The first kappa shape index (κ1) is 15.0. The Morgan fingerprint density at radius 1 is 1.35 bits per heavy atom. The average Bonchev–Trinajstić information content (AvgIpc) is 2.91. The predicted molar refractivity (Wildman–Crippen MR) is 83.2 cm³/mol. The number of hydrogen-bond donors (Lipinski definition) is 1. The average molecular weight is 292 g/mol. The van der Waals surface area contributed by atoms with Gasteiger partial charge in [-0.15, -0.1) is 0 Å². The second kappa shape index (κ2) is 6.83. The van der Waals surface area contributed by atoms with Gasteiger partial charge in [0.15, 0.2) is 5.13 Å². The molecule has 0 saturated carbocycles. The number of aromatic nitrogens is 1. The standard InChI is InChI=1S/C15H20N2O2S/c1-11(10-19-3)17(2)15-16-14(13(9-18)20-15)12-7-5-4-6-8-12/h4-8,11,18H,9-10H2,1-3H3. The number of rotatable bonds is 6. The molecule has 0 bridgehead atoms. The summed E-state index contributed by atoms with van der Waals surface area (Å²) in [5, 5.41) is 10.4. The molecule has 2 rings (SSSR count). The molecule has 1 heterocycles. The molecule has 0 fully saturated rings. The Labute approximate surface area is 123 Å². The summed E-state index contributed by atoms with van der Waals surface area (Å²) in [6, 6.07) is 10.2. The minimum Gasteiger partial charge on any atom is -0.391 e. The van der Waals surface area contributed by atoms with Crippen molar-refractivity contribution in [3.63, 3.8) is 0 Å². The normalized spacial score (nSPS) is 12.4. The highest BCUT2D eigenvalue weighted by Crippen LogP contribution is 2.33. The number of likely N-dealkylation sites (N-methyl/N-ethyl adjacent to an activating group) is 1. The van der Waals surface area contributed by atoms with Crippen LogP contribution in [0.25, 0.3) is 11.3 Å². The molecule has 1 N–H and O–H groups in total. The molecule has 0 radical (unpaired) electrons. The Morgan fingerprint density at radius 2 is 2.05 bits per heavy atom. The lowest BCUT2D eigenvalue weighted by atomic mass is 10.1. The van der Waals surface area contributed by atoms with Crippen LogP contribution in [0, 0.1) is 0 Å². The molecule has 2 aromatic rings. The molecule has 0 aliphatic carbocycles. The molecule has 1 aromatic heterocycles. The Hall–Kier alpha value is -1.43. The van der Waals surface area contributed by atoms with Crippen LogP contribution in [0.3, 0.4) is 0 Å². The monoisotopic (exact) mass is 292 g/mol. The predicted octanol–water partition coefficient (Wildman–Crippen LogP) is 2.77. The van der Waals surface area contributed by atoms with Crippen molar-refractivity contribution >= 4 is 16.5 Å². The molecule has 0 amide bonds. The molecule has 0 aliphatic heterocycles. The topological polar surface area (TPSA) is 45.6 Å². The molecule has 0 saturated heterocycles. The van der Waals surface area contributed by atoms with Crippen molar-refractivity contribution < 1.29 is 9.84 Å². The van der Waals surface area contributed by atoms with Gasteiger partial charge in [0.05, 0.1) is 29.8 Å². The SMILES string of the molecule is COCC(C)N(C)c1nc(-c2ccccc2)c(CO)s1. The Bertz CT molecular complexity index is 542. The number of benzene rings is 1. The van der Waals surface area contributed by atoms with E-state index in [0.717, 1.165) is 21.3 Å². The number of nitrogens with zero attached hydrogens (tertiary/aromatic N) is 2. The molecule has 1 aromatic carbocycles. The maximum absolute atomic E-state index is 9.54. The number of aliphatic hydroxyl groups excluding tert-OH is 1. The van der Waals surface area contributed by atoms with Gasteiger partial charge >= 0.3 is 0 Å². The van der Waals surface area contributed by atoms with E-state index in [2.05, 4.69) is 16.8 Å². The molecule has 0 spiro atoms. The number of aliphatic hydroxyl groups is 1. The van der Waals surface area contributed by atoms with Gasteiger partial charge in [-0.1, -0.05) is 41.7 Å². The van der Waals surface area contributed by atoms with Gasteiger partial charge in [0.25, 0.3) is 0 Å². The highest BCUT2D eigenvalue weighted by Gasteiger charge is 2.18. The van der Waals surface area contributed by atoms with Crippen molar-refractivity contribution in [1.82, 2.24) is 4.98 Å². The molecule has 0 aliphatic rings. The highest BCUT2D eigenvalue weighted by atomic mass is 32.1. The quantitative estimate of drug-likeness (QED) is 0.889. The van der Waals surface area contributed by atoms with E-state index in [-0.39, 0.29) is 12.6 Å². The first-order valence-corrected chi connectivity index (χ1v) is 7.36. The lowest BCUT2D eigenvalue weighted by Crippen LogP contribution is -2.32. The molecule has 1 atom stereocenters. The van der Waals surface area contributed by atoms with Crippen LogP contribution in [0.2, 0.25) is 0 Å². The van der Waals surface area contributed by atoms with Gasteiger partial charge in [-0.05, 0) is 6.92 Å². The number of hydrogen-bond acceptors (Lipinski definition) is 5. The van der Waals surface area contributed by atoms with Crippen LogP contribution >= 0.6 is 11.3 Å². The highest BCUT2D eigenvalue weighted by molar-refractivity contribution is 7.16. The third-order valence-corrected chi connectivity index (χ3v) is 4.38. The van der Waals surface area contributed by atoms with E-state index in [9.17, 15) is 5.11 Å². The number of ether oxygens (including phenoxy) is 1. The third kappa shape index (κ3) is 3.17. The summed E-state index contributed by atoms with van der Waals surface area (Å²) in [7, 11) is 3.69. The van der Waals surface area contributed by atoms with Crippen molar-refractivity contribution in [2.24, 2.45) is 0 Å². The second-order valence-corrected chi connectivity index (χ2v) is 5.77. The first-order chi connectivity index (χ1) is 9.67. The Morgan fingerprint density at radius 3 is 2.65 bits per heavy atom. The number of anilines is 1. The molecule has 4 nitrogen and oxygen atoms in total. The first-order valence-electron chi connectivity index (χ1n) is 6.55. The van der Waals surface area contributed by atoms with Crippen LogP contribution in [0.4, 0.5) is 5.13 Å². The largest absolute Gasteiger partial charge is 0.391 e. The summed E-state index contributed by atoms with van der Waals surface area (Å²) in [6.07, 6.45) is 0. The maximum atomic E-state index is 9.54. The van der Waals surface area contributed by atoms with Crippen LogP contribution < -0.4 is 4.90 Å². The van der Waals surface area contributed by atoms with Gasteiger partial charge in [0.1, 0.15) is 0 Å². The molecule has 108 valence electrons. The molecule has 20 heavy (non-hydrogen) atoms. The fourth-order valence-electron chi connectivity index (χ4n) is 1.96. The van der Waals surface area contributed by atoms with Crippen molar-refractivity contribution in [1.29, 1.82) is 0 Å². The van der Waals surface area contributed by atoms with Crippen LogP contribution in [-0.4, -0.2) is 36.9 Å². The summed E-state index contributed by atoms with van der Waals surface area (Å²) in [4.78, 5) is 7.66. The van der Waals surface area contributed by atoms with Crippen molar-refractivity contribution in [2.75, 3.05) is 25.7 Å². The van der Waals surface area contributed by atoms with E-state index < -0.39 is 0 Å². The van der Waals surface area contributed by atoms with Gasteiger partial charge < -0.3 is 14.7 Å². The van der Waals surface area contributed by atoms with E-state index in [0.29, 0.717) is 6.61 Å². The van der Waals surface area contributed by atoms with Crippen molar-refractivity contribution in [3.8, 4) is 11.3 Å². The zero-order valence-electron chi connectivity index (χ0n) is 12.0. The minimum atomic E-state index is 0.00833. The summed E-state index contributed by atoms with van der Waals surface area (Å²) in [5.41, 5.74) is 1.90. The van der Waals surface area contributed by atoms with Gasteiger partial charge in [-0.2, -0.15) is 0 Å². The molecular formula is C15H20N2O2S. The van der Waals surface area contributed by atoms with E-state index in [4.69, 9.17) is 4.74 Å². The number of methoxy groups -OCH3 is 1. The van der Waals surface area contributed by atoms with Gasteiger partial charge in [0.2, 0.25) is 0 Å². The molecule has 1 unspecified atom stereocenters. The fourth-order valence-corrected chi connectivity index (χ4v) is 2.97. The van der Waals surface area contributed by atoms with Crippen LogP contribution in [0.5, 0.6) is 0 Å². The summed E-state index contributed by atoms with van der Waals surface area (Å²) in [6.45, 7) is 2.74. The van der Waals surface area contributed by atoms with Gasteiger partial charge in [-0.25, -0.2) is 4.98 Å². The molecule has 5 heteroatoms. The van der Waals surface area contributed by atoms with Crippen LogP contribution in [0.1, 0.15) is 11.8 Å². The van der Waals surface area contributed by atoms with E-state index >= 15 is 0 Å². The molecular weight excluding hydrogens is 272 g/mol. The van der Waals surface area contributed by atoms with Crippen molar-refractivity contribution in [3.05, 3.63) is 35.2 Å². The van der Waals surface area contributed by atoms with Gasteiger partial charge in [0, 0.05) is 19.7 Å². The maximum Gasteiger partial charge on any atom is 0.186 e. The Balaban J connectivity index is 2.32. The van der Waals surface area contributed by atoms with Crippen molar-refractivity contribution in [2.45, 2.75) is 19.6 Å². The zero-order chi connectivity index (χ0) is 14.5. The second-order valence-electron chi connectivity index (χ2n) is 4.71. The summed E-state index contributed by atoms with van der Waals surface area (Å²) < 4.78 is 5.18. The van der Waals surface area contributed by atoms with Crippen LogP contribution in [-0.2, 0) is 11.3 Å². The van der Waals surface area contributed by atoms with Crippen LogP contribution in [0.15, 0.2) is 30.3 Å². The lowest BCUT2D eigenvalue weighted by Gasteiger charge is -2.23. The van der Waals surface area contributed by atoms with E-state index in [1.54, 1.807) is 7.11 Å². The Kier molecular flexibility index (Phi) is 5.11. The number of thiazole rings is 1. The van der Waals surface area contributed by atoms with Gasteiger partial charge in [-0.3, -0.25) is 0 Å². The minimum absolute atomic E-state index is 0.00833. The summed E-state index contributed by atoms with van der Waals surface area (Å²) in [5.74, 6) is 0. The van der Waals surface area contributed by atoms with E-state index in [1.807, 2.05) is 37.4 Å². The zero-order valence-corrected chi connectivity index (χ0v) is 12.9. The fraction of sp³-hybridized carbons (Fsp3) is 0.400. The van der Waals surface area contributed by atoms with E-state index in [1.165, 1.54) is 11.3 Å². The smallest absolute Gasteiger partial charge is 0.186 e. The lowest BCUT2D eigenvalue weighted by molar-refractivity contribution is 0.183. The third-order valence-electron chi connectivity index (χ3n) is 3.25.